The number of carbonyl (C=O) groups excluding carboxylic acids is 1. The van der Waals surface area contributed by atoms with E-state index in [4.69, 9.17) is 17.3 Å². The minimum absolute atomic E-state index is 0.0266. The number of carbonyl (C=O) groups is 1. The Hall–Kier alpha value is -1.40. The van der Waals surface area contributed by atoms with Crippen molar-refractivity contribution in [1.29, 1.82) is 0 Å². The normalized spacial score (nSPS) is 10.7. The predicted molar refractivity (Wildman–Crippen MR) is 65.0 cm³/mol. The van der Waals surface area contributed by atoms with Crippen LogP contribution >= 0.6 is 11.6 Å². The van der Waals surface area contributed by atoms with Gasteiger partial charge in [-0.05, 0) is 18.2 Å². The van der Waals surface area contributed by atoms with Gasteiger partial charge in [0.2, 0.25) is 0 Å². The minimum atomic E-state index is -2.50. The van der Waals surface area contributed by atoms with E-state index in [0.29, 0.717) is 11.3 Å². The fourth-order valence-electron chi connectivity index (χ4n) is 1.18. The number of nitrogens with one attached hydrogen (secondary N) is 1. The molecule has 1 aromatic carbocycles. The number of halogens is 3. The molecule has 0 aliphatic rings. The van der Waals surface area contributed by atoms with Crippen LogP contribution in [0, 0.1) is 0 Å². The Morgan fingerprint density at radius 1 is 1.50 bits per heavy atom. The van der Waals surface area contributed by atoms with Crippen LogP contribution in [-0.2, 0) is 4.74 Å². The van der Waals surface area contributed by atoms with Crippen LogP contribution in [0.1, 0.15) is 10.4 Å². The molecule has 1 aromatic rings. The molecule has 0 aromatic heterocycles. The maximum absolute atomic E-state index is 11.7. The number of hydrogen-bond donors (Lipinski definition) is 2. The quantitative estimate of drug-likeness (QED) is 0.617. The molecule has 3 N–H and O–H groups in total. The molecule has 0 saturated heterocycles. The highest BCUT2D eigenvalue weighted by Crippen LogP contribution is 2.19. The lowest BCUT2D eigenvalue weighted by atomic mass is 10.2. The zero-order valence-corrected chi connectivity index (χ0v) is 10.2. The highest BCUT2D eigenvalue weighted by molar-refractivity contribution is 6.33. The van der Waals surface area contributed by atoms with E-state index >= 15 is 0 Å². The number of hydrogen-bond acceptors (Lipinski definition) is 3. The Morgan fingerprint density at radius 3 is 2.83 bits per heavy atom. The van der Waals surface area contributed by atoms with Crippen molar-refractivity contribution in [2.45, 2.75) is 6.43 Å². The van der Waals surface area contributed by atoms with E-state index in [-0.39, 0.29) is 24.1 Å². The molecule has 4 nitrogen and oxygen atoms in total. The van der Waals surface area contributed by atoms with E-state index in [1.54, 1.807) is 0 Å². The van der Waals surface area contributed by atoms with E-state index in [2.05, 4.69) is 10.1 Å². The molecule has 0 spiro atoms. The van der Waals surface area contributed by atoms with E-state index in [0.717, 1.165) is 0 Å². The van der Waals surface area contributed by atoms with Gasteiger partial charge in [0.15, 0.2) is 0 Å². The number of ether oxygens (including phenoxy) is 1. The number of amides is 1. The lowest BCUT2D eigenvalue weighted by Gasteiger charge is -2.07. The highest BCUT2D eigenvalue weighted by atomic mass is 35.5. The molecular formula is C11H13ClF2N2O2. The zero-order valence-electron chi connectivity index (χ0n) is 9.46. The van der Waals surface area contributed by atoms with Crippen molar-refractivity contribution >= 4 is 23.2 Å². The first-order chi connectivity index (χ1) is 8.50. The van der Waals surface area contributed by atoms with Crippen molar-refractivity contribution < 1.29 is 18.3 Å². The summed E-state index contributed by atoms with van der Waals surface area (Å²) in [6.07, 6.45) is -2.50. The monoisotopic (exact) mass is 278 g/mol. The molecular weight excluding hydrogens is 266 g/mol. The van der Waals surface area contributed by atoms with Gasteiger partial charge in [-0.2, -0.15) is 0 Å². The summed E-state index contributed by atoms with van der Waals surface area (Å²) in [6, 6.07) is 4.48. The van der Waals surface area contributed by atoms with Gasteiger partial charge in [-0.15, -0.1) is 0 Å². The van der Waals surface area contributed by atoms with Gasteiger partial charge in [0.05, 0.1) is 17.3 Å². The molecule has 0 bridgehead atoms. The summed E-state index contributed by atoms with van der Waals surface area (Å²) in [5.74, 6) is -0.363. The summed E-state index contributed by atoms with van der Waals surface area (Å²) in [5.41, 5.74) is 6.24. The number of nitrogens with two attached hydrogens (primary N) is 1. The number of anilines is 1. The second-order valence-corrected chi connectivity index (χ2v) is 3.87. The first-order valence-corrected chi connectivity index (χ1v) is 5.57. The van der Waals surface area contributed by atoms with Crippen molar-refractivity contribution in [3.63, 3.8) is 0 Å². The molecule has 0 saturated carbocycles. The van der Waals surface area contributed by atoms with Gasteiger partial charge in [-0.25, -0.2) is 8.78 Å². The summed E-state index contributed by atoms with van der Waals surface area (Å²) >= 11 is 5.76. The van der Waals surface area contributed by atoms with Crippen molar-refractivity contribution in [2.24, 2.45) is 0 Å². The lowest BCUT2D eigenvalue weighted by Crippen LogP contribution is -2.27. The van der Waals surface area contributed by atoms with Crippen molar-refractivity contribution in [3.8, 4) is 0 Å². The molecule has 0 atom stereocenters. The second kappa shape index (κ2) is 7.13. The third-order valence-electron chi connectivity index (χ3n) is 2.04. The Kier molecular flexibility index (Phi) is 5.80. The Balaban J connectivity index is 2.34. The first kappa shape index (κ1) is 14.7. The molecule has 0 aliphatic heterocycles. The molecule has 0 heterocycles. The van der Waals surface area contributed by atoms with Crippen LogP contribution in [0.2, 0.25) is 5.02 Å². The fourth-order valence-corrected chi connectivity index (χ4v) is 1.36. The Bertz CT molecular complexity index is 416. The van der Waals surface area contributed by atoms with Crippen LogP contribution < -0.4 is 11.1 Å². The molecule has 0 aliphatic carbocycles. The van der Waals surface area contributed by atoms with Crippen LogP contribution in [-0.4, -0.2) is 32.1 Å². The molecule has 100 valence electrons. The molecule has 1 rings (SSSR count). The summed E-state index contributed by atoms with van der Waals surface area (Å²) in [4.78, 5) is 11.6. The summed E-state index contributed by atoms with van der Waals surface area (Å²) in [5, 5.41) is 2.80. The minimum Gasteiger partial charge on any atom is -0.398 e. The molecule has 0 radical (unpaired) electrons. The molecule has 1 amide bonds. The Morgan fingerprint density at radius 2 is 2.22 bits per heavy atom. The van der Waals surface area contributed by atoms with Crippen molar-refractivity contribution in [1.82, 2.24) is 5.32 Å². The first-order valence-electron chi connectivity index (χ1n) is 5.20. The summed E-state index contributed by atoms with van der Waals surface area (Å²) in [6.45, 7) is -0.462. The van der Waals surface area contributed by atoms with Gasteiger partial charge in [-0.1, -0.05) is 11.6 Å². The van der Waals surface area contributed by atoms with Gasteiger partial charge >= 0.3 is 0 Å². The average molecular weight is 279 g/mol. The highest BCUT2D eigenvalue weighted by Gasteiger charge is 2.07. The van der Waals surface area contributed by atoms with E-state index in [1.807, 2.05) is 0 Å². The predicted octanol–water partition coefficient (Wildman–Crippen LogP) is 1.93. The van der Waals surface area contributed by atoms with Gasteiger partial charge in [0, 0.05) is 12.1 Å². The van der Waals surface area contributed by atoms with Crippen molar-refractivity contribution in [2.75, 3.05) is 25.5 Å². The third kappa shape index (κ3) is 4.85. The van der Waals surface area contributed by atoms with Gasteiger partial charge in [0.25, 0.3) is 12.3 Å². The number of nitrogen functional groups attached to an aromatic ring is 1. The molecule has 7 heteroatoms. The maximum atomic E-state index is 11.7. The molecule has 18 heavy (non-hydrogen) atoms. The lowest BCUT2D eigenvalue weighted by molar-refractivity contribution is 0.0188. The molecule has 0 fully saturated rings. The third-order valence-corrected chi connectivity index (χ3v) is 2.37. The van der Waals surface area contributed by atoms with Crippen LogP contribution in [0.4, 0.5) is 14.5 Å². The van der Waals surface area contributed by atoms with E-state index < -0.39 is 13.0 Å². The van der Waals surface area contributed by atoms with Crippen LogP contribution in [0.3, 0.4) is 0 Å². The second-order valence-electron chi connectivity index (χ2n) is 3.46. The Labute approximate surface area is 108 Å². The summed E-state index contributed by atoms with van der Waals surface area (Å²) < 4.78 is 28.1. The van der Waals surface area contributed by atoms with E-state index in [9.17, 15) is 13.6 Å². The zero-order chi connectivity index (χ0) is 13.5. The summed E-state index contributed by atoms with van der Waals surface area (Å²) in [7, 11) is 0. The van der Waals surface area contributed by atoms with E-state index in [1.165, 1.54) is 18.2 Å². The van der Waals surface area contributed by atoms with Crippen molar-refractivity contribution in [3.05, 3.63) is 28.8 Å². The maximum Gasteiger partial charge on any atom is 0.261 e. The number of benzene rings is 1. The average Bonchev–Trinajstić information content (AvgIpc) is 2.31. The number of rotatable bonds is 6. The number of alkyl halides is 2. The van der Waals surface area contributed by atoms with Gasteiger partial charge in [0.1, 0.15) is 6.61 Å². The largest absolute Gasteiger partial charge is 0.398 e. The molecule has 0 unspecified atom stereocenters. The fraction of sp³-hybridized carbons (Fsp3) is 0.364. The van der Waals surface area contributed by atoms with Gasteiger partial charge in [-0.3, -0.25) is 4.79 Å². The topological polar surface area (TPSA) is 64.4 Å². The van der Waals surface area contributed by atoms with Crippen LogP contribution in [0.15, 0.2) is 18.2 Å². The SMILES string of the molecule is Nc1ccc(C(=O)NCCOCC(F)F)cc1Cl. The van der Waals surface area contributed by atoms with Crippen LogP contribution in [0.25, 0.3) is 0 Å². The van der Waals surface area contributed by atoms with Gasteiger partial charge < -0.3 is 15.8 Å². The smallest absolute Gasteiger partial charge is 0.261 e. The standard InChI is InChI=1S/C11H13ClF2N2O2/c12-8-5-7(1-2-9(8)15)11(17)16-3-4-18-6-10(13)14/h1-2,5,10H,3-4,6,15H2,(H,16,17). The van der Waals surface area contributed by atoms with Crippen LogP contribution in [0.5, 0.6) is 0 Å².